The standard InChI is InChI=1S/C17H19N3O2/c1-12-5-6-14(10-13(12)2)16(21)19-8-9-20-17(22)15-4-3-7-18-11-15/h3-7,10-11H,8-9H2,1-2H3,(H,19,21)(H,20,22). The molecule has 0 saturated carbocycles. The van der Waals surface area contributed by atoms with Crippen molar-refractivity contribution in [1.82, 2.24) is 15.6 Å². The number of aromatic nitrogens is 1. The second-order valence-electron chi connectivity index (χ2n) is 5.05. The van der Waals surface area contributed by atoms with Crippen molar-refractivity contribution in [3.8, 4) is 0 Å². The van der Waals surface area contributed by atoms with Crippen LogP contribution >= 0.6 is 0 Å². The van der Waals surface area contributed by atoms with Gasteiger partial charge in [0.15, 0.2) is 0 Å². The van der Waals surface area contributed by atoms with Crippen LogP contribution in [0.15, 0.2) is 42.7 Å². The fourth-order valence-corrected chi connectivity index (χ4v) is 1.94. The SMILES string of the molecule is Cc1ccc(C(=O)NCCNC(=O)c2cccnc2)cc1C. The highest BCUT2D eigenvalue weighted by atomic mass is 16.2. The maximum Gasteiger partial charge on any atom is 0.252 e. The Balaban J connectivity index is 1.78. The summed E-state index contributed by atoms with van der Waals surface area (Å²) in [5.41, 5.74) is 3.36. The lowest BCUT2D eigenvalue weighted by Crippen LogP contribution is -2.34. The van der Waals surface area contributed by atoms with Gasteiger partial charge < -0.3 is 10.6 Å². The van der Waals surface area contributed by atoms with E-state index in [9.17, 15) is 9.59 Å². The molecule has 22 heavy (non-hydrogen) atoms. The van der Waals surface area contributed by atoms with Gasteiger partial charge in [0.05, 0.1) is 5.56 Å². The van der Waals surface area contributed by atoms with Crippen LogP contribution in [0.1, 0.15) is 31.8 Å². The molecule has 1 aromatic heterocycles. The van der Waals surface area contributed by atoms with E-state index in [0.717, 1.165) is 11.1 Å². The second-order valence-corrected chi connectivity index (χ2v) is 5.05. The first-order valence-electron chi connectivity index (χ1n) is 7.11. The average Bonchev–Trinajstić information content (AvgIpc) is 2.54. The number of rotatable bonds is 5. The van der Waals surface area contributed by atoms with Crippen molar-refractivity contribution in [2.45, 2.75) is 13.8 Å². The van der Waals surface area contributed by atoms with Gasteiger partial charge in [0.25, 0.3) is 11.8 Å². The van der Waals surface area contributed by atoms with E-state index in [1.165, 1.54) is 6.20 Å². The van der Waals surface area contributed by atoms with Crippen LogP contribution in [0.2, 0.25) is 0 Å². The molecule has 2 N–H and O–H groups in total. The first-order valence-corrected chi connectivity index (χ1v) is 7.11. The summed E-state index contributed by atoms with van der Waals surface area (Å²) in [6.07, 6.45) is 3.11. The van der Waals surface area contributed by atoms with Crippen LogP contribution in [0, 0.1) is 13.8 Å². The predicted molar refractivity (Wildman–Crippen MR) is 84.8 cm³/mol. The van der Waals surface area contributed by atoms with E-state index in [4.69, 9.17) is 0 Å². The van der Waals surface area contributed by atoms with Crippen LogP contribution in [-0.2, 0) is 0 Å². The van der Waals surface area contributed by atoms with Gasteiger partial charge in [0.2, 0.25) is 0 Å². The zero-order chi connectivity index (χ0) is 15.9. The lowest BCUT2D eigenvalue weighted by molar-refractivity contribution is 0.0927. The minimum absolute atomic E-state index is 0.140. The number of nitrogens with zero attached hydrogens (tertiary/aromatic N) is 1. The fraction of sp³-hybridized carbons (Fsp3) is 0.235. The topological polar surface area (TPSA) is 71.1 Å². The quantitative estimate of drug-likeness (QED) is 0.828. The van der Waals surface area contributed by atoms with Crippen LogP contribution in [-0.4, -0.2) is 29.9 Å². The molecule has 0 unspecified atom stereocenters. The summed E-state index contributed by atoms with van der Waals surface area (Å²) >= 11 is 0. The molecule has 0 aliphatic carbocycles. The Morgan fingerprint density at radius 2 is 1.64 bits per heavy atom. The highest BCUT2D eigenvalue weighted by Gasteiger charge is 2.07. The smallest absolute Gasteiger partial charge is 0.252 e. The van der Waals surface area contributed by atoms with E-state index in [2.05, 4.69) is 15.6 Å². The monoisotopic (exact) mass is 297 g/mol. The third-order valence-corrected chi connectivity index (χ3v) is 3.39. The van der Waals surface area contributed by atoms with E-state index >= 15 is 0 Å². The molecule has 1 aromatic carbocycles. The molecule has 0 spiro atoms. The van der Waals surface area contributed by atoms with Crippen LogP contribution in [0.5, 0.6) is 0 Å². The number of nitrogens with one attached hydrogen (secondary N) is 2. The van der Waals surface area contributed by atoms with Crippen molar-refractivity contribution in [2.75, 3.05) is 13.1 Å². The lowest BCUT2D eigenvalue weighted by atomic mass is 10.1. The molecule has 2 rings (SSSR count). The number of pyridine rings is 1. The molecule has 2 amide bonds. The molecule has 0 radical (unpaired) electrons. The maximum absolute atomic E-state index is 12.0. The lowest BCUT2D eigenvalue weighted by Gasteiger charge is -2.08. The average molecular weight is 297 g/mol. The van der Waals surface area contributed by atoms with Gasteiger partial charge >= 0.3 is 0 Å². The first kappa shape index (κ1) is 15.7. The van der Waals surface area contributed by atoms with Gasteiger partial charge in [-0.15, -0.1) is 0 Å². The van der Waals surface area contributed by atoms with Crippen LogP contribution < -0.4 is 10.6 Å². The Morgan fingerprint density at radius 1 is 0.955 bits per heavy atom. The van der Waals surface area contributed by atoms with Gasteiger partial charge in [0, 0.05) is 31.0 Å². The highest BCUT2D eigenvalue weighted by Crippen LogP contribution is 2.09. The number of amides is 2. The molecular formula is C17H19N3O2. The number of hydrogen-bond acceptors (Lipinski definition) is 3. The molecule has 0 saturated heterocycles. The summed E-state index contributed by atoms with van der Waals surface area (Å²) < 4.78 is 0. The predicted octanol–water partition coefficient (Wildman–Crippen LogP) is 1.86. The fourth-order valence-electron chi connectivity index (χ4n) is 1.94. The van der Waals surface area contributed by atoms with Gasteiger partial charge in [0.1, 0.15) is 0 Å². The van der Waals surface area contributed by atoms with Crippen molar-refractivity contribution in [1.29, 1.82) is 0 Å². The molecule has 114 valence electrons. The summed E-state index contributed by atoms with van der Waals surface area (Å²) in [5, 5.41) is 5.52. The zero-order valence-corrected chi connectivity index (χ0v) is 12.7. The van der Waals surface area contributed by atoms with Gasteiger partial charge in [-0.25, -0.2) is 0 Å². The normalized spacial score (nSPS) is 10.1. The molecule has 2 aromatic rings. The van der Waals surface area contributed by atoms with Gasteiger partial charge in [-0.3, -0.25) is 14.6 Å². The summed E-state index contributed by atoms with van der Waals surface area (Å²) in [6.45, 7) is 4.72. The Morgan fingerprint density at radius 3 is 2.23 bits per heavy atom. The van der Waals surface area contributed by atoms with Crippen LogP contribution in [0.4, 0.5) is 0 Å². The summed E-state index contributed by atoms with van der Waals surface area (Å²) in [6, 6.07) is 8.98. The molecule has 0 fully saturated rings. The summed E-state index contributed by atoms with van der Waals surface area (Å²) in [5.74, 6) is -0.341. The number of hydrogen-bond donors (Lipinski definition) is 2. The molecule has 0 aliphatic heterocycles. The van der Waals surface area contributed by atoms with E-state index in [1.54, 1.807) is 24.4 Å². The van der Waals surface area contributed by atoms with E-state index in [-0.39, 0.29) is 11.8 Å². The van der Waals surface area contributed by atoms with Crippen molar-refractivity contribution in [3.63, 3.8) is 0 Å². The molecule has 0 bridgehead atoms. The number of carbonyl (C=O) groups excluding carboxylic acids is 2. The number of benzene rings is 1. The number of carbonyl (C=O) groups is 2. The molecule has 0 aliphatic rings. The van der Waals surface area contributed by atoms with Crippen molar-refractivity contribution >= 4 is 11.8 Å². The Bertz CT molecular complexity index is 669. The summed E-state index contributed by atoms with van der Waals surface area (Å²) in [7, 11) is 0. The zero-order valence-electron chi connectivity index (χ0n) is 12.7. The third-order valence-electron chi connectivity index (χ3n) is 3.39. The van der Waals surface area contributed by atoms with Crippen molar-refractivity contribution in [2.24, 2.45) is 0 Å². The molecule has 5 nitrogen and oxygen atoms in total. The van der Waals surface area contributed by atoms with E-state index < -0.39 is 0 Å². The molecule has 0 atom stereocenters. The van der Waals surface area contributed by atoms with E-state index in [1.807, 2.05) is 26.0 Å². The molecular weight excluding hydrogens is 278 g/mol. The third kappa shape index (κ3) is 4.15. The Kier molecular flexibility index (Phi) is 5.25. The number of aryl methyl sites for hydroxylation is 2. The maximum atomic E-state index is 12.0. The van der Waals surface area contributed by atoms with Crippen molar-refractivity contribution in [3.05, 3.63) is 65.0 Å². The Hall–Kier alpha value is -2.69. The van der Waals surface area contributed by atoms with Crippen molar-refractivity contribution < 1.29 is 9.59 Å². The largest absolute Gasteiger partial charge is 0.350 e. The van der Waals surface area contributed by atoms with E-state index in [0.29, 0.717) is 24.2 Å². The first-order chi connectivity index (χ1) is 10.6. The summed E-state index contributed by atoms with van der Waals surface area (Å²) in [4.78, 5) is 27.7. The van der Waals surface area contributed by atoms with Gasteiger partial charge in [-0.1, -0.05) is 6.07 Å². The van der Waals surface area contributed by atoms with Crippen LogP contribution in [0.3, 0.4) is 0 Å². The van der Waals surface area contributed by atoms with Gasteiger partial charge in [-0.05, 0) is 49.2 Å². The minimum atomic E-state index is -0.200. The highest BCUT2D eigenvalue weighted by molar-refractivity contribution is 5.95. The molecule has 5 heteroatoms. The minimum Gasteiger partial charge on any atom is -0.350 e. The van der Waals surface area contributed by atoms with Crippen LogP contribution in [0.25, 0.3) is 0 Å². The molecule has 1 heterocycles. The van der Waals surface area contributed by atoms with Gasteiger partial charge in [-0.2, -0.15) is 0 Å². The Labute approximate surface area is 129 Å². The second kappa shape index (κ2) is 7.36.